The Kier molecular flexibility index (Phi) is 6.70. The normalized spacial score (nSPS) is 25.9. The van der Waals surface area contributed by atoms with Gasteiger partial charge in [-0.1, -0.05) is 24.3 Å². The van der Waals surface area contributed by atoms with E-state index < -0.39 is 45.3 Å². The van der Waals surface area contributed by atoms with E-state index in [4.69, 9.17) is 4.74 Å². The molecule has 3 aliphatic rings. The summed E-state index contributed by atoms with van der Waals surface area (Å²) in [6.45, 7) is 5.35. The van der Waals surface area contributed by atoms with Crippen molar-refractivity contribution >= 4 is 21.8 Å². The van der Waals surface area contributed by atoms with Crippen LogP contribution < -0.4 is 5.32 Å². The molecule has 0 radical (unpaired) electrons. The number of likely N-dealkylation sites (tertiary alicyclic amines) is 1. The van der Waals surface area contributed by atoms with Gasteiger partial charge >= 0.3 is 6.09 Å². The molecule has 0 aromatic heterocycles. The summed E-state index contributed by atoms with van der Waals surface area (Å²) in [7, 11) is -3.34. The van der Waals surface area contributed by atoms with Crippen LogP contribution in [0.5, 0.6) is 0 Å². The minimum absolute atomic E-state index is 0.0253. The Morgan fingerprint density at radius 3 is 2.36 bits per heavy atom. The fourth-order valence-corrected chi connectivity index (χ4v) is 6.80. The molecule has 8 nitrogen and oxygen atoms in total. The number of amides is 2. The lowest BCUT2D eigenvalue weighted by Crippen LogP contribution is -2.56. The van der Waals surface area contributed by atoms with Crippen LogP contribution in [0.25, 0.3) is 11.1 Å². The molecular formula is C29H32FN3O5S. The third-order valence-corrected chi connectivity index (χ3v) is 9.08. The van der Waals surface area contributed by atoms with Crippen LogP contribution in [-0.4, -0.2) is 55.3 Å². The van der Waals surface area contributed by atoms with E-state index >= 15 is 4.39 Å². The molecule has 5 rings (SSSR count). The van der Waals surface area contributed by atoms with Gasteiger partial charge in [-0.3, -0.25) is 9.69 Å². The van der Waals surface area contributed by atoms with Gasteiger partial charge in [-0.05, 0) is 86.3 Å². The summed E-state index contributed by atoms with van der Waals surface area (Å²) in [4.78, 5) is 28.2. The molecule has 0 unspecified atom stereocenters. The fraction of sp³-hybridized carbons (Fsp3) is 0.483. The summed E-state index contributed by atoms with van der Waals surface area (Å²) >= 11 is 0. The molecule has 1 N–H and O–H groups in total. The van der Waals surface area contributed by atoms with Gasteiger partial charge < -0.3 is 10.1 Å². The number of halogens is 1. The Hall–Kier alpha value is -3.45. The number of nitriles is 1. The number of fused-ring (bicyclic) bond motifs is 5. The van der Waals surface area contributed by atoms with E-state index in [0.717, 1.165) is 19.1 Å². The van der Waals surface area contributed by atoms with Crippen molar-refractivity contribution in [3.63, 3.8) is 0 Å². The fourth-order valence-electron chi connectivity index (χ4n) is 6.17. The molecule has 206 valence electrons. The number of ether oxygens (including phenoxy) is 1. The lowest BCUT2D eigenvalue weighted by Gasteiger charge is -2.35. The molecule has 0 spiro atoms. The SMILES string of the molecule is CC(C)(C)OC(=O)N1[C@H](C(=O)N[C@H](C#N)Cc2ccc(-c3ccc(S(C)(=O)=O)cc3)cc2F)[C@@H]2C[C@H]1[C@H]1C[C@@H]21. The minimum Gasteiger partial charge on any atom is -0.444 e. The van der Waals surface area contributed by atoms with E-state index in [9.17, 15) is 23.3 Å². The first-order valence-corrected chi connectivity index (χ1v) is 15.0. The minimum atomic E-state index is -3.34. The number of sulfone groups is 1. The third-order valence-electron chi connectivity index (χ3n) is 7.95. The molecule has 2 amide bonds. The molecule has 1 heterocycles. The van der Waals surface area contributed by atoms with Gasteiger partial charge in [-0.25, -0.2) is 17.6 Å². The summed E-state index contributed by atoms with van der Waals surface area (Å²) < 4.78 is 44.0. The zero-order valence-corrected chi connectivity index (χ0v) is 23.2. The largest absolute Gasteiger partial charge is 0.444 e. The first-order chi connectivity index (χ1) is 18.3. The molecule has 2 saturated carbocycles. The highest BCUT2D eigenvalue weighted by molar-refractivity contribution is 7.90. The van der Waals surface area contributed by atoms with E-state index in [-0.39, 0.29) is 28.8 Å². The van der Waals surface area contributed by atoms with Gasteiger partial charge in [-0.2, -0.15) is 5.26 Å². The highest BCUT2D eigenvalue weighted by Gasteiger charge is 2.67. The van der Waals surface area contributed by atoms with Gasteiger partial charge in [0, 0.05) is 18.7 Å². The number of rotatable bonds is 6. The van der Waals surface area contributed by atoms with Crippen LogP contribution >= 0.6 is 0 Å². The van der Waals surface area contributed by atoms with Crippen LogP contribution in [0.15, 0.2) is 47.4 Å². The van der Waals surface area contributed by atoms with Gasteiger partial charge in [0.1, 0.15) is 23.5 Å². The second-order valence-electron chi connectivity index (χ2n) is 11.9. The second kappa shape index (κ2) is 9.63. The molecule has 2 bridgehead atoms. The maximum atomic E-state index is 15.1. The highest BCUT2D eigenvalue weighted by atomic mass is 32.2. The number of carbonyl (C=O) groups excluding carboxylic acids is 2. The average molecular weight is 554 g/mol. The van der Waals surface area contributed by atoms with Crippen LogP contribution in [0.3, 0.4) is 0 Å². The molecule has 3 fully saturated rings. The third kappa shape index (κ3) is 5.37. The summed E-state index contributed by atoms with van der Waals surface area (Å²) in [5.41, 5.74) is 0.771. The van der Waals surface area contributed by atoms with Gasteiger partial charge in [0.05, 0.1) is 11.0 Å². The summed E-state index contributed by atoms with van der Waals surface area (Å²) in [6, 6.07) is 11.1. The number of hydrogen-bond acceptors (Lipinski definition) is 6. The first-order valence-electron chi connectivity index (χ1n) is 13.1. The molecule has 2 aromatic rings. The molecule has 2 aromatic carbocycles. The van der Waals surface area contributed by atoms with Gasteiger partial charge in [0.15, 0.2) is 9.84 Å². The Balaban J connectivity index is 1.28. The number of hydrogen-bond donors (Lipinski definition) is 1. The maximum Gasteiger partial charge on any atom is 0.411 e. The van der Waals surface area contributed by atoms with Gasteiger partial charge in [-0.15, -0.1) is 0 Å². The Labute approximate surface area is 228 Å². The molecular weight excluding hydrogens is 521 g/mol. The quantitative estimate of drug-likeness (QED) is 0.576. The Morgan fingerprint density at radius 2 is 1.77 bits per heavy atom. The number of carbonyl (C=O) groups is 2. The van der Waals surface area contributed by atoms with Crippen molar-refractivity contribution in [1.29, 1.82) is 5.26 Å². The van der Waals surface area contributed by atoms with Crippen LogP contribution in [-0.2, 0) is 25.8 Å². The van der Waals surface area contributed by atoms with Crippen LogP contribution in [0.1, 0.15) is 39.2 Å². The predicted molar refractivity (Wildman–Crippen MR) is 142 cm³/mol. The number of benzene rings is 2. The zero-order valence-electron chi connectivity index (χ0n) is 22.3. The smallest absolute Gasteiger partial charge is 0.411 e. The molecule has 10 heteroatoms. The molecule has 2 aliphatic carbocycles. The van der Waals surface area contributed by atoms with Crippen molar-refractivity contribution in [3.05, 3.63) is 53.8 Å². The average Bonchev–Trinajstić information content (AvgIpc) is 3.46. The van der Waals surface area contributed by atoms with E-state index in [2.05, 4.69) is 11.4 Å². The predicted octanol–water partition coefficient (Wildman–Crippen LogP) is 4.09. The van der Waals surface area contributed by atoms with Crippen LogP contribution in [0.4, 0.5) is 9.18 Å². The molecule has 39 heavy (non-hydrogen) atoms. The van der Waals surface area contributed by atoms with Gasteiger partial charge in [0.2, 0.25) is 5.91 Å². The van der Waals surface area contributed by atoms with Crippen LogP contribution in [0.2, 0.25) is 0 Å². The molecule has 1 saturated heterocycles. The second-order valence-corrected chi connectivity index (χ2v) is 13.9. The summed E-state index contributed by atoms with van der Waals surface area (Å²) in [5.74, 6) is -0.0782. The lowest BCUT2D eigenvalue weighted by molar-refractivity contribution is -0.128. The Bertz CT molecular complexity index is 1460. The van der Waals surface area contributed by atoms with E-state index in [1.54, 1.807) is 49.9 Å². The van der Waals surface area contributed by atoms with Crippen molar-refractivity contribution in [1.82, 2.24) is 10.2 Å². The maximum absolute atomic E-state index is 15.1. The standard InChI is InChI=1S/C29H32FN3O5S/c1-29(2,3)38-28(35)33-25-14-23(21-13-22(21)25)26(33)27(34)32-19(15-31)11-18-6-5-17(12-24(18)30)16-7-9-20(10-8-16)39(4,36)37/h5-10,12,19,21-23,25-26H,11,13-14H2,1-4H3,(H,32,34)/t19-,21+,22-,23+,25-,26-/m0/s1. The molecule has 6 atom stereocenters. The number of nitrogens with one attached hydrogen (secondary N) is 1. The van der Waals surface area contributed by atoms with E-state index in [0.29, 0.717) is 23.0 Å². The summed E-state index contributed by atoms with van der Waals surface area (Å²) in [5, 5.41) is 12.5. The van der Waals surface area contributed by atoms with Gasteiger partial charge in [0.25, 0.3) is 0 Å². The monoisotopic (exact) mass is 553 g/mol. The lowest BCUT2D eigenvalue weighted by atomic mass is 9.95. The van der Waals surface area contributed by atoms with Crippen molar-refractivity contribution in [2.75, 3.05) is 6.26 Å². The van der Waals surface area contributed by atoms with E-state index in [1.165, 1.54) is 18.2 Å². The molecule has 1 aliphatic heterocycles. The zero-order chi connectivity index (χ0) is 28.3. The first kappa shape index (κ1) is 27.1. The Morgan fingerprint density at radius 1 is 1.10 bits per heavy atom. The van der Waals surface area contributed by atoms with Crippen molar-refractivity contribution in [3.8, 4) is 17.2 Å². The van der Waals surface area contributed by atoms with Crippen molar-refractivity contribution in [2.45, 2.75) is 68.7 Å². The van der Waals surface area contributed by atoms with Crippen LogP contribution in [0, 0.1) is 34.9 Å². The summed E-state index contributed by atoms with van der Waals surface area (Å²) in [6.07, 6.45) is 2.32. The number of piperidine rings is 1. The van der Waals surface area contributed by atoms with Crippen molar-refractivity contribution < 1.29 is 27.1 Å². The van der Waals surface area contributed by atoms with E-state index in [1.807, 2.05) is 0 Å². The topological polar surface area (TPSA) is 117 Å². The van der Waals surface area contributed by atoms with Crippen molar-refractivity contribution in [2.24, 2.45) is 17.8 Å². The highest BCUT2D eigenvalue weighted by Crippen LogP contribution is 2.63. The number of nitrogens with zero attached hydrogens (tertiary/aromatic N) is 2.